The number of carbonyl (C=O) groups is 1. The number of nitrogens with one attached hydrogen (secondary N) is 1. The molecule has 0 radical (unpaired) electrons. The monoisotopic (exact) mass is 461 g/mol. The topological polar surface area (TPSA) is 81.4 Å². The first kappa shape index (κ1) is 21.6. The molecule has 1 N–H and O–H groups in total. The third kappa shape index (κ3) is 4.50. The Hall–Kier alpha value is -3.66. The largest absolute Gasteiger partial charge is 0.497 e. The fraction of sp³-hybridized carbons (Fsp3) is 0.143. The second kappa shape index (κ2) is 8.46. The lowest BCUT2D eigenvalue weighted by Crippen LogP contribution is -2.24. The number of halogens is 4. The van der Waals surface area contributed by atoms with Gasteiger partial charge in [0.2, 0.25) is 5.82 Å². The van der Waals surface area contributed by atoms with Crippen LogP contribution in [0.25, 0.3) is 17.0 Å². The minimum Gasteiger partial charge on any atom is -0.497 e. The number of aromatic nitrogens is 4. The lowest BCUT2D eigenvalue weighted by atomic mass is 10.1. The number of ether oxygens (including phenoxy) is 1. The average Bonchev–Trinajstić information content (AvgIpc) is 3.20. The Balaban J connectivity index is 1.69. The van der Waals surface area contributed by atoms with E-state index in [-0.39, 0.29) is 18.0 Å². The smallest absolute Gasteiger partial charge is 0.433 e. The maximum absolute atomic E-state index is 13.7. The van der Waals surface area contributed by atoms with Gasteiger partial charge >= 0.3 is 6.18 Å². The van der Waals surface area contributed by atoms with Crippen LogP contribution in [0.2, 0.25) is 5.02 Å². The van der Waals surface area contributed by atoms with Crippen LogP contribution in [0.3, 0.4) is 0 Å². The summed E-state index contributed by atoms with van der Waals surface area (Å²) in [4.78, 5) is 20.5. The van der Waals surface area contributed by atoms with Crippen molar-refractivity contribution in [3.8, 4) is 17.0 Å². The summed E-state index contributed by atoms with van der Waals surface area (Å²) >= 11 is 5.91. The zero-order valence-electron chi connectivity index (χ0n) is 16.5. The van der Waals surface area contributed by atoms with Gasteiger partial charge in [0, 0.05) is 17.1 Å². The Morgan fingerprint density at radius 1 is 1.12 bits per heavy atom. The molecule has 0 atom stereocenters. The Labute approximate surface area is 184 Å². The molecular weight excluding hydrogens is 447 g/mol. The summed E-state index contributed by atoms with van der Waals surface area (Å²) in [6.07, 6.45) is -4.75. The number of fused-ring (bicyclic) bond motifs is 1. The van der Waals surface area contributed by atoms with Gasteiger partial charge in [0.05, 0.1) is 12.8 Å². The van der Waals surface area contributed by atoms with Gasteiger partial charge in [-0.05, 0) is 48.0 Å². The molecule has 0 fully saturated rings. The highest BCUT2D eigenvalue weighted by Crippen LogP contribution is 2.32. The van der Waals surface area contributed by atoms with Crippen molar-refractivity contribution in [3.63, 3.8) is 0 Å². The summed E-state index contributed by atoms with van der Waals surface area (Å²) in [5, 5.41) is 6.79. The van der Waals surface area contributed by atoms with Crippen LogP contribution in [-0.4, -0.2) is 32.6 Å². The van der Waals surface area contributed by atoms with Crippen molar-refractivity contribution >= 4 is 23.3 Å². The van der Waals surface area contributed by atoms with E-state index in [1.165, 1.54) is 7.11 Å². The highest BCUT2D eigenvalue weighted by Gasteiger charge is 2.36. The standard InChI is InChI=1S/C21H15ClF3N5O2/c1-32-15-7-5-13(6-8-15)16-10-17(21(23,24)25)30-20(27-16)28-18(29-30)19(31)26-11-12-3-2-4-14(22)9-12/h2-10H,11H2,1H3,(H,26,31). The van der Waals surface area contributed by atoms with Crippen LogP contribution < -0.4 is 10.1 Å². The number of hydrogen-bond donors (Lipinski definition) is 1. The van der Waals surface area contributed by atoms with Gasteiger partial charge in [0.15, 0.2) is 5.69 Å². The summed E-state index contributed by atoms with van der Waals surface area (Å²) in [6.45, 7) is 0.103. The molecule has 0 spiro atoms. The Bertz CT molecular complexity index is 1290. The van der Waals surface area contributed by atoms with Crippen LogP contribution in [0.1, 0.15) is 21.9 Å². The molecule has 2 heterocycles. The maximum Gasteiger partial charge on any atom is 0.433 e. The minimum absolute atomic E-state index is 0.0331. The highest BCUT2D eigenvalue weighted by molar-refractivity contribution is 6.30. The van der Waals surface area contributed by atoms with Gasteiger partial charge in [-0.1, -0.05) is 23.7 Å². The summed E-state index contributed by atoms with van der Waals surface area (Å²) in [6, 6.07) is 14.0. The Kier molecular flexibility index (Phi) is 5.70. The van der Waals surface area contributed by atoms with E-state index < -0.39 is 23.6 Å². The van der Waals surface area contributed by atoms with E-state index in [4.69, 9.17) is 16.3 Å². The molecular formula is C21H15ClF3N5O2. The normalized spacial score (nSPS) is 11.5. The van der Waals surface area contributed by atoms with E-state index in [1.807, 2.05) is 0 Å². The number of alkyl halides is 3. The first-order chi connectivity index (χ1) is 15.2. The first-order valence-corrected chi connectivity index (χ1v) is 9.64. The lowest BCUT2D eigenvalue weighted by Gasteiger charge is -2.10. The predicted molar refractivity (Wildman–Crippen MR) is 110 cm³/mol. The molecule has 4 aromatic rings. The van der Waals surface area contributed by atoms with Crippen LogP contribution in [0.4, 0.5) is 13.2 Å². The van der Waals surface area contributed by atoms with Crippen molar-refractivity contribution in [3.05, 3.63) is 76.7 Å². The van der Waals surface area contributed by atoms with Crippen molar-refractivity contribution in [1.29, 1.82) is 0 Å². The number of rotatable bonds is 5. The van der Waals surface area contributed by atoms with E-state index in [9.17, 15) is 18.0 Å². The van der Waals surface area contributed by atoms with Gasteiger partial charge in [-0.2, -0.15) is 22.7 Å². The molecule has 0 saturated carbocycles. The predicted octanol–water partition coefficient (Wildman–Crippen LogP) is 4.40. The zero-order valence-corrected chi connectivity index (χ0v) is 17.3. The number of carbonyl (C=O) groups excluding carboxylic acids is 1. The Morgan fingerprint density at radius 3 is 2.53 bits per heavy atom. The van der Waals surface area contributed by atoms with E-state index in [2.05, 4.69) is 20.4 Å². The molecule has 164 valence electrons. The average molecular weight is 462 g/mol. The number of methoxy groups -OCH3 is 1. The number of hydrogen-bond acceptors (Lipinski definition) is 5. The number of nitrogens with zero attached hydrogens (tertiary/aromatic N) is 4. The fourth-order valence-corrected chi connectivity index (χ4v) is 3.20. The minimum atomic E-state index is -4.75. The third-order valence-electron chi connectivity index (χ3n) is 4.53. The fourth-order valence-electron chi connectivity index (χ4n) is 2.98. The van der Waals surface area contributed by atoms with E-state index in [1.54, 1.807) is 48.5 Å². The molecule has 0 bridgehead atoms. The van der Waals surface area contributed by atoms with Crippen LogP contribution >= 0.6 is 11.6 Å². The van der Waals surface area contributed by atoms with Gasteiger partial charge in [0.25, 0.3) is 11.7 Å². The molecule has 4 rings (SSSR count). The van der Waals surface area contributed by atoms with Gasteiger partial charge < -0.3 is 10.1 Å². The number of benzene rings is 2. The highest BCUT2D eigenvalue weighted by atomic mass is 35.5. The van der Waals surface area contributed by atoms with Crippen molar-refractivity contribution in [2.24, 2.45) is 0 Å². The third-order valence-corrected chi connectivity index (χ3v) is 4.77. The van der Waals surface area contributed by atoms with Crippen molar-refractivity contribution in [1.82, 2.24) is 24.9 Å². The molecule has 2 aromatic heterocycles. The van der Waals surface area contributed by atoms with E-state index >= 15 is 0 Å². The van der Waals surface area contributed by atoms with Gasteiger partial charge in [-0.3, -0.25) is 4.79 Å². The van der Waals surface area contributed by atoms with Crippen LogP contribution in [0.15, 0.2) is 54.6 Å². The van der Waals surface area contributed by atoms with Crippen LogP contribution in [0, 0.1) is 0 Å². The SMILES string of the molecule is COc1ccc(-c2cc(C(F)(F)F)n3nc(C(=O)NCc4cccc(Cl)c4)nc3n2)cc1. The molecule has 0 aliphatic heterocycles. The molecule has 1 amide bonds. The molecule has 32 heavy (non-hydrogen) atoms. The zero-order chi connectivity index (χ0) is 22.9. The summed E-state index contributed by atoms with van der Waals surface area (Å²) in [7, 11) is 1.48. The quantitative estimate of drug-likeness (QED) is 0.476. The Morgan fingerprint density at radius 2 is 1.88 bits per heavy atom. The molecule has 2 aromatic carbocycles. The second-order valence-corrected chi connectivity index (χ2v) is 7.15. The number of amides is 1. The molecule has 0 aliphatic rings. The molecule has 11 heteroatoms. The van der Waals surface area contributed by atoms with Gasteiger partial charge in [-0.15, -0.1) is 5.10 Å². The van der Waals surface area contributed by atoms with Crippen molar-refractivity contribution in [2.45, 2.75) is 12.7 Å². The molecule has 0 saturated heterocycles. The van der Waals surface area contributed by atoms with Gasteiger partial charge in [0.1, 0.15) is 5.75 Å². The van der Waals surface area contributed by atoms with E-state index in [0.29, 0.717) is 26.4 Å². The van der Waals surface area contributed by atoms with Crippen molar-refractivity contribution < 1.29 is 22.7 Å². The summed E-state index contributed by atoms with van der Waals surface area (Å²) in [5.74, 6) is -0.975. The van der Waals surface area contributed by atoms with Crippen LogP contribution in [-0.2, 0) is 12.7 Å². The van der Waals surface area contributed by atoms with Gasteiger partial charge in [-0.25, -0.2) is 4.98 Å². The van der Waals surface area contributed by atoms with Crippen molar-refractivity contribution in [2.75, 3.05) is 7.11 Å². The molecule has 0 unspecified atom stereocenters. The lowest BCUT2D eigenvalue weighted by molar-refractivity contribution is -0.142. The maximum atomic E-state index is 13.7. The first-order valence-electron chi connectivity index (χ1n) is 9.26. The summed E-state index contributed by atoms with van der Waals surface area (Å²) < 4.78 is 46.7. The van der Waals surface area contributed by atoms with Crippen LogP contribution in [0.5, 0.6) is 5.75 Å². The van der Waals surface area contributed by atoms with E-state index in [0.717, 1.165) is 6.07 Å². The summed E-state index contributed by atoms with van der Waals surface area (Å²) in [5.41, 5.74) is 0.0692. The second-order valence-electron chi connectivity index (χ2n) is 6.71. The molecule has 0 aliphatic carbocycles. The molecule has 7 nitrogen and oxygen atoms in total.